The molecular formula is C33H49N4O8P. The number of nitrogens with zero attached hydrogens (tertiary/aromatic N) is 2. The third kappa shape index (κ3) is 7.08. The van der Waals surface area contributed by atoms with Crippen LogP contribution < -0.4 is 10.6 Å². The smallest absolute Gasteiger partial charge is 0.410 e. The van der Waals surface area contributed by atoms with E-state index in [1.807, 2.05) is 19.1 Å². The van der Waals surface area contributed by atoms with Crippen LogP contribution in [0.25, 0.3) is 0 Å². The van der Waals surface area contributed by atoms with Gasteiger partial charge in [-0.3, -0.25) is 19.1 Å². The number of hydrogen-bond acceptors (Lipinski definition) is 7. The lowest BCUT2D eigenvalue weighted by Crippen LogP contribution is -2.58. The molecule has 0 radical (unpaired) electrons. The van der Waals surface area contributed by atoms with Crippen molar-refractivity contribution in [2.24, 2.45) is 11.3 Å². The summed E-state index contributed by atoms with van der Waals surface area (Å²) in [6.07, 6.45) is 3.35. The van der Waals surface area contributed by atoms with Crippen LogP contribution in [-0.4, -0.2) is 82.0 Å². The molecule has 3 aliphatic heterocycles. The van der Waals surface area contributed by atoms with Gasteiger partial charge < -0.3 is 29.9 Å². The van der Waals surface area contributed by atoms with Crippen LogP contribution >= 0.6 is 7.37 Å². The van der Waals surface area contributed by atoms with Gasteiger partial charge in [-0.2, -0.15) is 0 Å². The van der Waals surface area contributed by atoms with Crippen LogP contribution in [0, 0.1) is 11.3 Å². The predicted octanol–water partition coefficient (Wildman–Crippen LogP) is 4.51. The van der Waals surface area contributed by atoms with E-state index in [-0.39, 0.29) is 25.5 Å². The first-order chi connectivity index (χ1) is 21.6. The van der Waals surface area contributed by atoms with Crippen LogP contribution in [0.5, 0.6) is 0 Å². The first-order valence-corrected chi connectivity index (χ1v) is 18.7. The van der Waals surface area contributed by atoms with Crippen LogP contribution in [0.2, 0.25) is 0 Å². The Hall–Kier alpha value is -3.11. The number of cyclic esters (lactones) is 1. The molecule has 6 atom stereocenters. The average molecular weight is 661 g/mol. The van der Waals surface area contributed by atoms with Crippen LogP contribution in [0.15, 0.2) is 18.2 Å². The van der Waals surface area contributed by atoms with Crippen LogP contribution in [0.1, 0.15) is 89.3 Å². The first kappa shape index (κ1) is 34.2. The predicted molar refractivity (Wildman–Crippen MR) is 171 cm³/mol. The summed E-state index contributed by atoms with van der Waals surface area (Å²) in [7, 11) is -3.73. The molecule has 1 saturated heterocycles. The number of rotatable bonds is 4. The number of nitrogens with one attached hydrogen (secondary N) is 2. The van der Waals surface area contributed by atoms with Crippen molar-refractivity contribution in [1.29, 1.82) is 0 Å². The molecule has 254 valence electrons. The van der Waals surface area contributed by atoms with E-state index in [0.717, 1.165) is 36.8 Å². The maximum atomic E-state index is 14.2. The van der Waals surface area contributed by atoms with E-state index in [1.165, 1.54) is 17.1 Å². The third-order valence-corrected chi connectivity index (χ3v) is 12.2. The molecule has 1 saturated carbocycles. The largest absolute Gasteiger partial charge is 0.450 e. The maximum absolute atomic E-state index is 14.2. The third-order valence-electron chi connectivity index (χ3n) is 10.0. The Balaban J connectivity index is 1.42. The van der Waals surface area contributed by atoms with Crippen LogP contribution in [-0.2, 0) is 43.1 Å². The lowest BCUT2D eigenvalue weighted by atomic mass is 9.85. The fraction of sp³-hybridized carbons (Fsp3) is 0.697. The van der Waals surface area contributed by atoms with Crippen molar-refractivity contribution in [1.82, 2.24) is 20.4 Å². The highest BCUT2D eigenvalue weighted by Gasteiger charge is 2.64. The van der Waals surface area contributed by atoms with Crippen LogP contribution in [0.4, 0.5) is 9.59 Å². The van der Waals surface area contributed by atoms with Crippen molar-refractivity contribution in [3.8, 4) is 0 Å². The van der Waals surface area contributed by atoms with Gasteiger partial charge in [-0.1, -0.05) is 65.2 Å². The number of amides is 4. The zero-order valence-electron chi connectivity index (χ0n) is 27.7. The number of alkyl carbamates (subject to hydrolysis) is 1. The highest BCUT2D eigenvalue weighted by atomic mass is 31.2. The van der Waals surface area contributed by atoms with E-state index in [1.54, 1.807) is 25.7 Å². The van der Waals surface area contributed by atoms with Crippen molar-refractivity contribution in [2.75, 3.05) is 19.8 Å². The second kappa shape index (κ2) is 13.2. The molecule has 1 unspecified atom stereocenters. The van der Waals surface area contributed by atoms with Crippen LogP contribution in [0.3, 0.4) is 0 Å². The van der Waals surface area contributed by atoms with Gasteiger partial charge in [0.2, 0.25) is 19.2 Å². The van der Waals surface area contributed by atoms with Gasteiger partial charge >= 0.3 is 12.2 Å². The van der Waals surface area contributed by atoms with Crippen molar-refractivity contribution in [3.05, 3.63) is 34.9 Å². The number of ether oxygens (including phenoxy) is 2. The van der Waals surface area contributed by atoms with Gasteiger partial charge in [0.1, 0.15) is 23.5 Å². The Bertz CT molecular complexity index is 1410. The second-order valence-corrected chi connectivity index (χ2v) is 17.1. The standard InChI is InChI=1S/C33H49N4O8P/c1-6-23-17-33(23,46(5,42)43)35-28(38)26-16-24-19-37(26)29(39)27(32(2,3)4)34-30(40)44-15-10-8-7-9-12-21-13-11-14-22-18-36(20-25(21)22)31(41)45-24/h11,13-14,23-24,26-27H,6-10,12,15-20H2,1-5H3,(H,34,40)(H,35,38)(H,42,43)/t23-,24+,26-,27+,33-/m0/s1. The lowest BCUT2D eigenvalue weighted by Gasteiger charge is -2.35. The van der Waals surface area contributed by atoms with Gasteiger partial charge in [0.15, 0.2) is 0 Å². The van der Waals surface area contributed by atoms with Gasteiger partial charge in [-0.25, -0.2) is 9.59 Å². The maximum Gasteiger partial charge on any atom is 0.410 e. The molecule has 3 heterocycles. The average Bonchev–Trinajstić information content (AvgIpc) is 3.30. The molecule has 4 aliphatic rings. The molecule has 5 rings (SSSR count). The number of benzene rings is 1. The number of fused-ring (bicyclic) bond motifs is 3. The van der Waals surface area contributed by atoms with E-state index in [4.69, 9.17) is 9.47 Å². The molecule has 4 amide bonds. The number of hydrogen-bond donors (Lipinski definition) is 3. The Labute approximate surface area is 271 Å². The molecular weight excluding hydrogens is 611 g/mol. The fourth-order valence-electron chi connectivity index (χ4n) is 7.22. The van der Waals surface area contributed by atoms with Crippen molar-refractivity contribution < 1.29 is 38.1 Å². The Morgan fingerprint density at radius 1 is 1.13 bits per heavy atom. The van der Waals surface area contributed by atoms with Crippen molar-refractivity contribution in [3.63, 3.8) is 0 Å². The molecule has 1 aromatic rings. The summed E-state index contributed by atoms with van der Waals surface area (Å²) >= 11 is 0. The van der Waals surface area contributed by atoms with Gasteiger partial charge in [-0.15, -0.1) is 0 Å². The molecule has 1 aliphatic carbocycles. The summed E-state index contributed by atoms with van der Waals surface area (Å²) in [4.78, 5) is 68.1. The summed E-state index contributed by atoms with van der Waals surface area (Å²) in [6, 6.07) is 4.01. The Morgan fingerprint density at radius 2 is 1.85 bits per heavy atom. The van der Waals surface area contributed by atoms with E-state index in [9.17, 15) is 28.6 Å². The van der Waals surface area contributed by atoms with E-state index in [2.05, 4.69) is 16.7 Å². The second-order valence-electron chi connectivity index (χ2n) is 14.5. The van der Waals surface area contributed by atoms with E-state index in [0.29, 0.717) is 32.4 Å². The van der Waals surface area contributed by atoms with Crippen molar-refractivity contribution in [2.45, 2.75) is 116 Å². The molecule has 0 spiro atoms. The van der Waals surface area contributed by atoms with Gasteiger partial charge in [0.25, 0.3) is 0 Å². The summed E-state index contributed by atoms with van der Waals surface area (Å²) < 4.78 is 24.3. The monoisotopic (exact) mass is 660 g/mol. The SMILES string of the molecule is CC[C@H]1C[C@]1(NC(=O)[C@@H]1C[C@@H]2CN1C(=O)[C@H](C(C)(C)C)NC(=O)OCCCCCCc1cccc3c1CN(C3)C(=O)O2)P(C)(=O)O. The topological polar surface area (TPSA) is 155 Å². The molecule has 1 aromatic carbocycles. The van der Waals surface area contributed by atoms with E-state index < -0.39 is 60.3 Å². The molecule has 3 N–H and O–H groups in total. The molecule has 13 heteroatoms. The minimum Gasteiger partial charge on any atom is -0.450 e. The van der Waals surface area contributed by atoms with E-state index >= 15 is 0 Å². The minimum atomic E-state index is -3.73. The van der Waals surface area contributed by atoms with Gasteiger partial charge in [0.05, 0.1) is 13.2 Å². The molecule has 12 nitrogen and oxygen atoms in total. The first-order valence-electron chi connectivity index (χ1n) is 16.6. The Morgan fingerprint density at radius 3 is 2.52 bits per heavy atom. The quantitative estimate of drug-likeness (QED) is 0.399. The normalized spacial score (nSPS) is 30.5. The number of carbonyl (C=O) groups is 4. The van der Waals surface area contributed by atoms with Crippen molar-refractivity contribution >= 4 is 31.4 Å². The zero-order valence-corrected chi connectivity index (χ0v) is 28.6. The summed E-state index contributed by atoms with van der Waals surface area (Å²) in [5, 5.41) is 4.31. The zero-order chi connectivity index (χ0) is 33.4. The fourth-order valence-corrected chi connectivity index (χ4v) is 8.95. The highest BCUT2D eigenvalue weighted by Crippen LogP contribution is 2.68. The molecule has 46 heavy (non-hydrogen) atoms. The summed E-state index contributed by atoms with van der Waals surface area (Å²) in [5.74, 6) is -1.25. The lowest BCUT2D eigenvalue weighted by molar-refractivity contribution is -0.142. The summed E-state index contributed by atoms with van der Waals surface area (Å²) in [6.45, 7) is 9.57. The number of aryl methyl sites for hydroxylation is 1. The van der Waals surface area contributed by atoms with Gasteiger partial charge in [0, 0.05) is 26.2 Å². The molecule has 4 bridgehead atoms. The Kier molecular flexibility index (Phi) is 9.81. The van der Waals surface area contributed by atoms with Gasteiger partial charge in [-0.05, 0) is 53.7 Å². The minimum absolute atomic E-state index is 0.0168. The molecule has 0 aromatic heterocycles. The number of carbonyl (C=O) groups excluding carboxylic acids is 4. The molecule has 2 fully saturated rings. The summed E-state index contributed by atoms with van der Waals surface area (Å²) in [5.41, 5.74) is 2.67. The highest BCUT2D eigenvalue weighted by molar-refractivity contribution is 7.59.